The first kappa shape index (κ1) is 21.4. The molecule has 8 heteroatoms. The molecule has 1 fully saturated rings. The molecular formula is C23H22Cl2N4O2. The van der Waals surface area contributed by atoms with E-state index >= 15 is 0 Å². The van der Waals surface area contributed by atoms with E-state index in [2.05, 4.69) is 21.9 Å². The number of amides is 1. The number of methoxy groups -OCH3 is 1. The van der Waals surface area contributed by atoms with Crippen molar-refractivity contribution < 1.29 is 9.53 Å². The number of carbonyl (C=O) groups excluding carboxylic acids is 1. The molecule has 1 aromatic heterocycles. The molecule has 1 amide bonds. The van der Waals surface area contributed by atoms with Gasteiger partial charge in [-0.15, -0.1) is 0 Å². The van der Waals surface area contributed by atoms with E-state index in [-0.39, 0.29) is 11.9 Å². The number of aryl methyl sites for hydroxylation is 1. The predicted octanol–water partition coefficient (Wildman–Crippen LogP) is 5.12. The highest BCUT2D eigenvalue weighted by Crippen LogP contribution is 2.43. The molecule has 0 saturated carbocycles. The maximum absolute atomic E-state index is 11.8. The number of rotatable bonds is 5. The Hall–Kier alpha value is -2.83. The third kappa shape index (κ3) is 4.18. The maximum Gasteiger partial charge on any atom is 0.246 e. The van der Waals surface area contributed by atoms with Gasteiger partial charge in [-0.25, -0.2) is 9.97 Å². The number of ether oxygens (including phenoxy) is 1. The Morgan fingerprint density at radius 1 is 1.32 bits per heavy atom. The lowest BCUT2D eigenvalue weighted by atomic mass is 10.0. The summed E-state index contributed by atoms with van der Waals surface area (Å²) in [6.07, 6.45) is 3.95. The molecule has 0 bridgehead atoms. The highest BCUT2D eigenvalue weighted by Gasteiger charge is 2.25. The number of benzene rings is 2. The number of nitrogens with one attached hydrogen (secondary N) is 1. The smallest absolute Gasteiger partial charge is 0.246 e. The van der Waals surface area contributed by atoms with Crippen molar-refractivity contribution in [2.45, 2.75) is 19.4 Å². The van der Waals surface area contributed by atoms with Crippen LogP contribution in [0.3, 0.4) is 0 Å². The van der Waals surface area contributed by atoms with E-state index in [0.717, 1.165) is 34.0 Å². The highest BCUT2D eigenvalue weighted by atomic mass is 35.5. The van der Waals surface area contributed by atoms with Crippen LogP contribution in [-0.4, -0.2) is 47.0 Å². The van der Waals surface area contributed by atoms with Gasteiger partial charge < -0.3 is 15.0 Å². The number of aromatic nitrogens is 2. The third-order valence-corrected chi connectivity index (χ3v) is 6.31. The van der Waals surface area contributed by atoms with Crippen LogP contribution in [0, 0.1) is 6.92 Å². The van der Waals surface area contributed by atoms with Crippen LogP contribution in [0.4, 0.5) is 5.95 Å². The third-order valence-electron chi connectivity index (χ3n) is 5.45. The van der Waals surface area contributed by atoms with E-state index in [4.69, 9.17) is 27.9 Å². The topological polar surface area (TPSA) is 67.4 Å². The molecule has 1 saturated heterocycles. The summed E-state index contributed by atoms with van der Waals surface area (Å²) >= 11 is 13.1. The van der Waals surface area contributed by atoms with Crippen molar-refractivity contribution in [1.82, 2.24) is 14.9 Å². The van der Waals surface area contributed by atoms with Crippen molar-refractivity contribution in [1.29, 1.82) is 0 Å². The number of hydrogen-bond donors (Lipinski definition) is 1. The van der Waals surface area contributed by atoms with Crippen molar-refractivity contribution >= 4 is 46.0 Å². The molecule has 1 unspecified atom stereocenters. The number of halogens is 2. The molecule has 0 spiro atoms. The first-order valence-electron chi connectivity index (χ1n) is 9.89. The number of fused-ring (bicyclic) bond motifs is 1. The van der Waals surface area contributed by atoms with E-state index in [0.29, 0.717) is 34.8 Å². The van der Waals surface area contributed by atoms with Crippen LogP contribution >= 0.6 is 23.2 Å². The predicted molar refractivity (Wildman–Crippen MR) is 125 cm³/mol. The summed E-state index contributed by atoms with van der Waals surface area (Å²) in [5.74, 6) is 1.06. The fourth-order valence-corrected chi connectivity index (χ4v) is 4.43. The number of likely N-dealkylation sites (tertiary alicyclic amines) is 1. The second-order valence-corrected chi connectivity index (χ2v) is 8.24. The molecule has 2 heterocycles. The van der Waals surface area contributed by atoms with E-state index in [1.54, 1.807) is 18.2 Å². The Kier molecular flexibility index (Phi) is 6.03. The van der Waals surface area contributed by atoms with Crippen molar-refractivity contribution in [2.24, 2.45) is 0 Å². The Labute approximate surface area is 190 Å². The minimum Gasteiger partial charge on any atom is -0.495 e. The summed E-state index contributed by atoms with van der Waals surface area (Å²) in [5.41, 5.74) is 3.27. The number of anilines is 1. The van der Waals surface area contributed by atoms with Gasteiger partial charge in [-0.2, -0.15) is 0 Å². The zero-order valence-electron chi connectivity index (χ0n) is 17.3. The van der Waals surface area contributed by atoms with Gasteiger partial charge in [0.05, 0.1) is 22.7 Å². The van der Waals surface area contributed by atoms with Crippen molar-refractivity contribution in [3.05, 3.63) is 58.7 Å². The average molecular weight is 457 g/mol. The summed E-state index contributed by atoms with van der Waals surface area (Å²) in [7, 11) is 1.58. The van der Waals surface area contributed by atoms with E-state index in [9.17, 15) is 4.79 Å². The second kappa shape index (κ2) is 8.73. The Morgan fingerprint density at radius 3 is 2.87 bits per heavy atom. The SMILES string of the molecule is C=CC(=O)N1CCC(Nc2ncc3cc(-c4c(Cl)c(C)cc(OC)c4Cl)ccc3n2)C1. The number of nitrogens with zero attached hydrogens (tertiary/aromatic N) is 3. The molecule has 1 aliphatic rings. The number of carbonyl (C=O) groups is 1. The standard InChI is InChI=1S/C23H22Cl2N4O2/c1-4-19(30)29-8-7-16(12-29)27-23-26-11-15-10-14(5-6-17(15)28-23)20-21(24)13(2)9-18(31-3)22(20)25/h4-6,9-11,16H,1,7-8,12H2,2-3H3,(H,26,27,28). The van der Waals surface area contributed by atoms with E-state index in [1.165, 1.54) is 6.08 Å². The Bertz CT molecular complexity index is 1180. The van der Waals surface area contributed by atoms with Crippen molar-refractivity contribution in [2.75, 3.05) is 25.5 Å². The van der Waals surface area contributed by atoms with Gasteiger partial charge in [0, 0.05) is 36.3 Å². The fraction of sp³-hybridized carbons (Fsp3) is 0.261. The largest absolute Gasteiger partial charge is 0.495 e. The van der Waals surface area contributed by atoms with Gasteiger partial charge in [-0.1, -0.05) is 35.8 Å². The van der Waals surface area contributed by atoms with Gasteiger partial charge in [0.1, 0.15) is 5.75 Å². The van der Waals surface area contributed by atoms with Crippen LogP contribution in [0.1, 0.15) is 12.0 Å². The van der Waals surface area contributed by atoms with Crippen LogP contribution in [0.5, 0.6) is 5.75 Å². The molecule has 31 heavy (non-hydrogen) atoms. The maximum atomic E-state index is 11.8. The highest BCUT2D eigenvalue weighted by molar-refractivity contribution is 6.40. The molecule has 4 rings (SSSR count). The minimum atomic E-state index is -0.0543. The Balaban J connectivity index is 1.61. The minimum absolute atomic E-state index is 0.0543. The average Bonchev–Trinajstić information content (AvgIpc) is 3.24. The van der Waals surface area contributed by atoms with Gasteiger partial charge >= 0.3 is 0 Å². The van der Waals surface area contributed by atoms with Gasteiger partial charge in [-0.05, 0) is 48.7 Å². The summed E-state index contributed by atoms with van der Waals surface area (Å²) in [5, 5.41) is 5.24. The second-order valence-electron chi connectivity index (χ2n) is 7.48. The summed E-state index contributed by atoms with van der Waals surface area (Å²) in [4.78, 5) is 22.6. The summed E-state index contributed by atoms with van der Waals surface area (Å²) in [6, 6.07) is 7.75. The van der Waals surface area contributed by atoms with Crippen LogP contribution in [0.15, 0.2) is 43.1 Å². The lowest BCUT2D eigenvalue weighted by Gasteiger charge is -2.16. The fourth-order valence-electron chi connectivity index (χ4n) is 3.79. The first-order valence-corrected chi connectivity index (χ1v) is 10.6. The normalized spacial score (nSPS) is 15.9. The zero-order valence-corrected chi connectivity index (χ0v) is 18.8. The van der Waals surface area contributed by atoms with Crippen LogP contribution in [0.25, 0.3) is 22.0 Å². The van der Waals surface area contributed by atoms with Crippen LogP contribution in [0.2, 0.25) is 10.0 Å². The molecule has 3 aromatic rings. The van der Waals surface area contributed by atoms with Crippen LogP contribution < -0.4 is 10.1 Å². The number of hydrogen-bond acceptors (Lipinski definition) is 5. The molecule has 1 N–H and O–H groups in total. The van der Waals surface area contributed by atoms with Gasteiger partial charge in [0.25, 0.3) is 0 Å². The molecule has 160 valence electrons. The summed E-state index contributed by atoms with van der Waals surface area (Å²) in [6.45, 7) is 6.76. The first-order chi connectivity index (χ1) is 14.9. The summed E-state index contributed by atoms with van der Waals surface area (Å²) < 4.78 is 5.39. The molecule has 0 radical (unpaired) electrons. The van der Waals surface area contributed by atoms with Crippen LogP contribution in [-0.2, 0) is 4.79 Å². The molecular weight excluding hydrogens is 435 g/mol. The lowest BCUT2D eigenvalue weighted by molar-refractivity contribution is -0.125. The molecule has 1 aliphatic heterocycles. The lowest BCUT2D eigenvalue weighted by Crippen LogP contribution is -2.30. The van der Waals surface area contributed by atoms with E-state index in [1.807, 2.05) is 31.2 Å². The van der Waals surface area contributed by atoms with Gasteiger partial charge in [0.15, 0.2) is 0 Å². The molecule has 1 atom stereocenters. The Morgan fingerprint density at radius 2 is 2.13 bits per heavy atom. The van der Waals surface area contributed by atoms with E-state index < -0.39 is 0 Å². The quantitative estimate of drug-likeness (QED) is 0.539. The van der Waals surface area contributed by atoms with Crippen molar-refractivity contribution in [3.8, 4) is 16.9 Å². The monoisotopic (exact) mass is 456 g/mol. The molecule has 2 aromatic carbocycles. The van der Waals surface area contributed by atoms with Gasteiger partial charge in [0.2, 0.25) is 11.9 Å². The zero-order chi connectivity index (χ0) is 22.1. The van der Waals surface area contributed by atoms with Crippen molar-refractivity contribution in [3.63, 3.8) is 0 Å². The van der Waals surface area contributed by atoms with Gasteiger partial charge in [-0.3, -0.25) is 4.79 Å². The molecule has 6 nitrogen and oxygen atoms in total. The molecule has 0 aliphatic carbocycles.